The molecule has 1 N–H and O–H groups in total. The zero-order valence-corrected chi connectivity index (χ0v) is 15.4. The van der Waals surface area contributed by atoms with E-state index >= 15 is 0 Å². The summed E-state index contributed by atoms with van der Waals surface area (Å²) in [7, 11) is 0. The number of hydrogen-bond donors (Lipinski definition) is 1. The zero-order valence-electron chi connectivity index (χ0n) is 13.9. The van der Waals surface area contributed by atoms with Crippen molar-refractivity contribution in [2.75, 3.05) is 31.5 Å². The molecule has 2 amide bonds. The Balaban J connectivity index is 1.50. The largest absolute Gasteiger partial charge is 0.322 e. The highest BCUT2D eigenvalue weighted by Gasteiger charge is 2.27. The van der Waals surface area contributed by atoms with Crippen molar-refractivity contribution in [2.45, 2.75) is 45.1 Å². The molecule has 1 aliphatic carbocycles. The van der Waals surface area contributed by atoms with E-state index in [0.717, 1.165) is 42.4 Å². The number of piperazine rings is 1. The monoisotopic (exact) mass is 379 g/mol. The highest BCUT2D eigenvalue weighted by atomic mass is 79.9. The van der Waals surface area contributed by atoms with E-state index in [1.165, 1.54) is 37.7 Å². The van der Waals surface area contributed by atoms with Crippen LogP contribution in [-0.2, 0) is 0 Å². The fourth-order valence-corrected chi connectivity index (χ4v) is 3.99. The van der Waals surface area contributed by atoms with Gasteiger partial charge in [0.2, 0.25) is 0 Å². The second-order valence-electron chi connectivity index (χ2n) is 6.71. The number of nitrogens with one attached hydrogen (secondary N) is 1. The molecule has 1 aromatic carbocycles. The summed E-state index contributed by atoms with van der Waals surface area (Å²) in [6.45, 7) is 5.72. The van der Waals surface area contributed by atoms with Crippen molar-refractivity contribution in [3.8, 4) is 0 Å². The summed E-state index contributed by atoms with van der Waals surface area (Å²) in [4.78, 5) is 17.0. The molecule has 0 aromatic heterocycles. The van der Waals surface area contributed by atoms with Crippen molar-refractivity contribution >= 4 is 27.6 Å². The molecule has 0 radical (unpaired) electrons. The molecular weight excluding hydrogens is 354 g/mol. The van der Waals surface area contributed by atoms with Gasteiger partial charge in [0.15, 0.2) is 0 Å². The molecule has 0 unspecified atom stereocenters. The third-order valence-corrected chi connectivity index (χ3v) is 5.97. The molecule has 1 aliphatic heterocycles. The Morgan fingerprint density at radius 1 is 1.13 bits per heavy atom. The minimum absolute atomic E-state index is 0.0176. The molecule has 5 heteroatoms. The Kier molecular flexibility index (Phi) is 5.59. The van der Waals surface area contributed by atoms with Gasteiger partial charge in [-0.05, 0) is 37.5 Å². The van der Waals surface area contributed by atoms with Crippen LogP contribution in [0.25, 0.3) is 0 Å². The Bertz CT molecular complexity index is 549. The smallest absolute Gasteiger partial charge is 0.321 e. The number of carbonyl (C=O) groups excluding carboxylic acids is 1. The maximum atomic E-state index is 12.4. The van der Waals surface area contributed by atoms with Gasteiger partial charge >= 0.3 is 6.03 Å². The molecule has 23 heavy (non-hydrogen) atoms. The molecule has 2 fully saturated rings. The fraction of sp³-hybridized carbons (Fsp3) is 0.611. The average Bonchev–Trinajstić information content (AvgIpc) is 2.59. The van der Waals surface area contributed by atoms with Gasteiger partial charge in [0.25, 0.3) is 0 Å². The van der Waals surface area contributed by atoms with Crippen LogP contribution in [0.4, 0.5) is 10.5 Å². The van der Waals surface area contributed by atoms with E-state index in [1.54, 1.807) is 0 Å². The lowest BCUT2D eigenvalue weighted by atomic mass is 9.94. The number of anilines is 1. The van der Waals surface area contributed by atoms with Crippen LogP contribution < -0.4 is 5.32 Å². The van der Waals surface area contributed by atoms with E-state index in [9.17, 15) is 4.79 Å². The molecule has 0 atom stereocenters. The Labute approximate surface area is 147 Å². The standard InChI is InChI=1S/C18H26BrN3O/c1-14-7-8-15(13-17(14)19)20-18(23)22-11-9-21(10-12-22)16-5-3-2-4-6-16/h7-8,13,16H,2-6,9-12H2,1H3,(H,20,23). The first-order chi connectivity index (χ1) is 11.1. The molecule has 126 valence electrons. The first-order valence-electron chi connectivity index (χ1n) is 8.69. The van der Waals surface area contributed by atoms with Crippen LogP contribution >= 0.6 is 15.9 Å². The van der Waals surface area contributed by atoms with Gasteiger partial charge in [-0.25, -0.2) is 4.79 Å². The van der Waals surface area contributed by atoms with Gasteiger partial charge in [-0.2, -0.15) is 0 Å². The van der Waals surface area contributed by atoms with E-state index in [-0.39, 0.29) is 6.03 Å². The van der Waals surface area contributed by atoms with Crippen molar-refractivity contribution in [2.24, 2.45) is 0 Å². The maximum absolute atomic E-state index is 12.4. The number of amides is 2. The quantitative estimate of drug-likeness (QED) is 0.833. The van der Waals surface area contributed by atoms with Gasteiger partial charge in [0.05, 0.1) is 0 Å². The van der Waals surface area contributed by atoms with Gasteiger partial charge in [-0.15, -0.1) is 0 Å². The van der Waals surface area contributed by atoms with E-state index < -0.39 is 0 Å². The average molecular weight is 380 g/mol. The lowest BCUT2D eigenvalue weighted by molar-refractivity contribution is 0.0943. The fourth-order valence-electron chi connectivity index (χ4n) is 3.61. The van der Waals surface area contributed by atoms with Crippen LogP contribution in [0.5, 0.6) is 0 Å². The molecule has 4 nitrogen and oxygen atoms in total. The van der Waals surface area contributed by atoms with Crippen LogP contribution in [0.15, 0.2) is 22.7 Å². The number of benzene rings is 1. The molecule has 1 saturated heterocycles. The topological polar surface area (TPSA) is 35.6 Å². The van der Waals surface area contributed by atoms with Crippen molar-refractivity contribution in [3.63, 3.8) is 0 Å². The number of halogens is 1. The first-order valence-corrected chi connectivity index (χ1v) is 9.49. The van der Waals surface area contributed by atoms with Crippen LogP contribution in [-0.4, -0.2) is 48.1 Å². The summed E-state index contributed by atoms with van der Waals surface area (Å²) in [5, 5.41) is 3.01. The molecule has 1 aromatic rings. The summed E-state index contributed by atoms with van der Waals surface area (Å²) >= 11 is 3.51. The van der Waals surface area contributed by atoms with Gasteiger partial charge in [-0.3, -0.25) is 4.90 Å². The summed E-state index contributed by atoms with van der Waals surface area (Å²) in [5.74, 6) is 0. The van der Waals surface area contributed by atoms with E-state index in [1.807, 2.05) is 30.0 Å². The van der Waals surface area contributed by atoms with Crippen molar-refractivity contribution in [1.82, 2.24) is 9.80 Å². The molecule has 1 saturated carbocycles. The third-order valence-electron chi connectivity index (χ3n) is 5.12. The Hall–Kier alpha value is -1.07. The van der Waals surface area contributed by atoms with Gasteiger partial charge in [0.1, 0.15) is 0 Å². The molecule has 3 rings (SSSR count). The van der Waals surface area contributed by atoms with Crippen molar-refractivity contribution in [3.05, 3.63) is 28.2 Å². The predicted molar refractivity (Wildman–Crippen MR) is 97.9 cm³/mol. The number of rotatable bonds is 2. The highest BCUT2D eigenvalue weighted by Crippen LogP contribution is 2.24. The minimum atomic E-state index is 0.0176. The second kappa shape index (κ2) is 7.67. The molecule has 0 bridgehead atoms. The van der Waals surface area contributed by atoms with E-state index in [2.05, 4.69) is 26.1 Å². The molecule has 1 heterocycles. The predicted octanol–water partition coefficient (Wildman–Crippen LogP) is 4.24. The number of aryl methyl sites for hydroxylation is 1. The van der Waals surface area contributed by atoms with Gasteiger partial charge in [-0.1, -0.05) is 41.3 Å². The molecule has 0 spiro atoms. The zero-order chi connectivity index (χ0) is 16.2. The van der Waals surface area contributed by atoms with Gasteiger partial charge in [0, 0.05) is 42.4 Å². The van der Waals surface area contributed by atoms with Crippen LogP contribution in [0.1, 0.15) is 37.7 Å². The SMILES string of the molecule is Cc1ccc(NC(=O)N2CCN(C3CCCCC3)CC2)cc1Br. The van der Waals surface area contributed by atoms with E-state index in [0.29, 0.717) is 0 Å². The van der Waals surface area contributed by atoms with Crippen molar-refractivity contribution < 1.29 is 4.79 Å². The van der Waals surface area contributed by atoms with Gasteiger partial charge < -0.3 is 10.2 Å². The number of hydrogen-bond acceptors (Lipinski definition) is 2. The normalized spacial score (nSPS) is 20.5. The highest BCUT2D eigenvalue weighted by molar-refractivity contribution is 9.10. The summed E-state index contributed by atoms with van der Waals surface area (Å²) < 4.78 is 1.03. The number of nitrogens with zero attached hydrogens (tertiary/aromatic N) is 2. The molecule has 2 aliphatic rings. The summed E-state index contributed by atoms with van der Waals surface area (Å²) in [6.07, 6.45) is 6.81. The minimum Gasteiger partial charge on any atom is -0.322 e. The van der Waals surface area contributed by atoms with Crippen LogP contribution in [0.2, 0.25) is 0 Å². The lowest BCUT2D eigenvalue weighted by Crippen LogP contribution is -2.53. The Morgan fingerprint density at radius 3 is 2.48 bits per heavy atom. The maximum Gasteiger partial charge on any atom is 0.321 e. The number of carbonyl (C=O) groups is 1. The molecular formula is C18H26BrN3O. The lowest BCUT2D eigenvalue weighted by Gasteiger charge is -2.40. The van der Waals surface area contributed by atoms with Crippen LogP contribution in [0, 0.1) is 6.92 Å². The van der Waals surface area contributed by atoms with E-state index in [4.69, 9.17) is 0 Å². The summed E-state index contributed by atoms with van der Waals surface area (Å²) in [6, 6.07) is 6.70. The number of urea groups is 1. The Morgan fingerprint density at radius 2 is 1.83 bits per heavy atom. The van der Waals surface area contributed by atoms with Crippen molar-refractivity contribution in [1.29, 1.82) is 0 Å². The summed E-state index contributed by atoms with van der Waals surface area (Å²) in [5.41, 5.74) is 2.02. The second-order valence-corrected chi connectivity index (χ2v) is 7.56. The first kappa shape index (κ1) is 16.8. The third kappa shape index (κ3) is 4.27. The van der Waals surface area contributed by atoms with Crippen LogP contribution in [0.3, 0.4) is 0 Å².